The summed E-state index contributed by atoms with van der Waals surface area (Å²) in [7, 11) is 0. The van der Waals surface area contributed by atoms with E-state index < -0.39 is 5.60 Å². The molecular weight excluding hydrogens is 274 g/mol. The molecule has 1 aromatic rings. The summed E-state index contributed by atoms with van der Waals surface area (Å²) in [4.78, 5) is 14.9. The van der Waals surface area contributed by atoms with Crippen LogP contribution >= 0.6 is 11.3 Å². The van der Waals surface area contributed by atoms with Gasteiger partial charge in [0.1, 0.15) is 5.60 Å². The van der Waals surface area contributed by atoms with Gasteiger partial charge in [0.25, 0.3) is 0 Å². The van der Waals surface area contributed by atoms with Gasteiger partial charge in [-0.25, -0.2) is 4.79 Å². The van der Waals surface area contributed by atoms with Gasteiger partial charge in [-0.05, 0) is 38.6 Å². The number of ether oxygens (including phenoxy) is 1. The monoisotopic (exact) mass is 297 g/mol. The molecule has 2 heterocycles. The number of rotatable bonds is 3. The quantitative estimate of drug-likeness (QED) is 0.899. The maximum Gasteiger partial charge on any atom is 0.410 e. The van der Waals surface area contributed by atoms with Crippen molar-refractivity contribution in [3.63, 3.8) is 0 Å². The van der Waals surface area contributed by atoms with Gasteiger partial charge in [-0.1, -0.05) is 0 Å². The van der Waals surface area contributed by atoms with E-state index in [-0.39, 0.29) is 6.09 Å². The van der Waals surface area contributed by atoms with Crippen molar-refractivity contribution in [2.24, 2.45) is 0 Å². The predicted molar refractivity (Wildman–Crippen MR) is 81.8 cm³/mol. The highest BCUT2D eigenvalue weighted by Crippen LogP contribution is 2.20. The molecule has 1 saturated heterocycles. The summed E-state index contributed by atoms with van der Waals surface area (Å²) in [5.74, 6) is 0. The Kier molecular flexibility index (Phi) is 4.55. The molecule has 1 aliphatic rings. The molecule has 1 aliphatic heterocycles. The van der Waals surface area contributed by atoms with Crippen LogP contribution in [0.3, 0.4) is 0 Å². The number of anilines is 1. The number of nitrogens with one attached hydrogen (secondary N) is 1. The van der Waals surface area contributed by atoms with Crippen LogP contribution in [0.4, 0.5) is 10.5 Å². The predicted octanol–water partition coefficient (Wildman–Crippen LogP) is 2.43. The molecule has 0 radical (unpaired) electrons. The van der Waals surface area contributed by atoms with E-state index in [0.29, 0.717) is 12.6 Å². The van der Waals surface area contributed by atoms with Gasteiger partial charge in [0.2, 0.25) is 0 Å². The average Bonchev–Trinajstić information content (AvgIpc) is 2.93. The van der Waals surface area contributed by atoms with Gasteiger partial charge in [0.05, 0.1) is 0 Å². The lowest BCUT2D eigenvalue weighted by atomic mass is 10.2. The molecule has 2 rings (SSSR count). The summed E-state index contributed by atoms with van der Waals surface area (Å²) in [6.07, 6.45) is 0.724. The van der Waals surface area contributed by atoms with Crippen LogP contribution in [0.25, 0.3) is 0 Å². The Morgan fingerprint density at radius 2 is 2.35 bits per heavy atom. The molecule has 20 heavy (non-hydrogen) atoms. The molecule has 1 fully saturated rings. The van der Waals surface area contributed by atoms with E-state index in [2.05, 4.69) is 5.32 Å². The van der Waals surface area contributed by atoms with Gasteiger partial charge >= 0.3 is 6.09 Å². The molecule has 1 atom stereocenters. The highest BCUT2D eigenvalue weighted by molar-refractivity contribution is 7.10. The van der Waals surface area contributed by atoms with Crippen molar-refractivity contribution in [1.29, 1.82) is 0 Å². The largest absolute Gasteiger partial charge is 0.444 e. The van der Waals surface area contributed by atoms with Crippen molar-refractivity contribution in [1.82, 2.24) is 10.2 Å². The zero-order chi connectivity index (χ0) is 14.8. The molecule has 3 N–H and O–H groups in total. The van der Waals surface area contributed by atoms with Crippen LogP contribution in [0.15, 0.2) is 11.4 Å². The van der Waals surface area contributed by atoms with E-state index in [1.165, 1.54) is 0 Å². The van der Waals surface area contributed by atoms with E-state index in [9.17, 15) is 4.79 Å². The fourth-order valence-corrected chi connectivity index (χ4v) is 2.90. The first-order valence-corrected chi connectivity index (χ1v) is 7.76. The van der Waals surface area contributed by atoms with E-state index >= 15 is 0 Å². The molecule has 1 unspecified atom stereocenters. The third kappa shape index (κ3) is 4.11. The maximum atomic E-state index is 12.0. The van der Waals surface area contributed by atoms with Crippen molar-refractivity contribution in [3.05, 3.63) is 16.3 Å². The number of likely N-dealkylation sites (tertiary alicyclic amines) is 1. The molecule has 0 saturated carbocycles. The van der Waals surface area contributed by atoms with Crippen LogP contribution in [0.1, 0.15) is 32.1 Å². The molecule has 0 spiro atoms. The summed E-state index contributed by atoms with van der Waals surface area (Å²) >= 11 is 1.66. The molecule has 0 aromatic carbocycles. The van der Waals surface area contributed by atoms with Crippen LogP contribution in [0.2, 0.25) is 0 Å². The number of amides is 1. The van der Waals surface area contributed by atoms with Gasteiger partial charge in [-0.2, -0.15) is 0 Å². The lowest BCUT2D eigenvalue weighted by Gasteiger charge is -2.24. The minimum absolute atomic E-state index is 0.225. The Labute approximate surface area is 124 Å². The van der Waals surface area contributed by atoms with Gasteiger partial charge in [0, 0.05) is 36.2 Å². The van der Waals surface area contributed by atoms with Gasteiger partial charge in [-0.3, -0.25) is 0 Å². The highest BCUT2D eigenvalue weighted by Gasteiger charge is 2.29. The van der Waals surface area contributed by atoms with Crippen LogP contribution in [-0.2, 0) is 11.3 Å². The molecule has 6 heteroatoms. The van der Waals surface area contributed by atoms with Gasteiger partial charge in [0.15, 0.2) is 0 Å². The van der Waals surface area contributed by atoms with Crippen molar-refractivity contribution in [2.45, 2.75) is 45.4 Å². The molecule has 0 aliphatic carbocycles. The zero-order valence-electron chi connectivity index (χ0n) is 12.3. The Hall–Kier alpha value is -1.27. The van der Waals surface area contributed by atoms with E-state index in [4.69, 9.17) is 10.5 Å². The third-order valence-corrected chi connectivity index (χ3v) is 4.11. The molecule has 5 nitrogen and oxygen atoms in total. The van der Waals surface area contributed by atoms with E-state index in [0.717, 1.165) is 30.1 Å². The number of nitrogens with zero attached hydrogens (tertiary/aromatic N) is 1. The number of carbonyl (C=O) groups excluding carboxylic acids is 1. The van der Waals surface area contributed by atoms with Crippen LogP contribution < -0.4 is 11.1 Å². The minimum Gasteiger partial charge on any atom is -0.444 e. The first-order valence-electron chi connectivity index (χ1n) is 6.88. The number of carbonyl (C=O) groups is 1. The van der Waals surface area contributed by atoms with Crippen molar-refractivity contribution >= 4 is 23.1 Å². The number of thiophene rings is 1. The molecular formula is C14H23N3O2S. The average molecular weight is 297 g/mol. The molecule has 1 aromatic heterocycles. The fourth-order valence-electron chi connectivity index (χ4n) is 2.15. The standard InChI is InChI=1S/C14H23N3O2S/c1-14(2,3)19-13(18)17-6-4-10(9-17)16-8-12-11(15)5-7-20-12/h5,7,10,16H,4,6,8-9,15H2,1-3H3. The second kappa shape index (κ2) is 6.01. The summed E-state index contributed by atoms with van der Waals surface area (Å²) in [6.45, 7) is 7.85. The molecule has 112 valence electrons. The van der Waals surface area contributed by atoms with Gasteiger partial charge < -0.3 is 20.7 Å². The van der Waals surface area contributed by atoms with Gasteiger partial charge in [-0.15, -0.1) is 11.3 Å². The lowest BCUT2D eigenvalue weighted by molar-refractivity contribution is 0.0291. The summed E-state index contributed by atoms with van der Waals surface area (Å²) < 4.78 is 5.38. The second-order valence-corrected chi connectivity index (χ2v) is 7.09. The highest BCUT2D eigenvalue weighted by atomic mass is 32.1. The molecule has 1 amide bonds. The Morgan fingerprint density at radius 3 is 2.95 bits per heavy atom. The lowest BCUT2D eigenvalue weighted by Crippen LogP contribution is -2.38. The van der Waals surface area contributed by atoms with Crippen LogP contribution in [0, 0.1) is 0 Å². The first kappa shape index (κ1) is 15.1. The normalized spacial score (nSPS) is 19.4. The first-order chi connectivity index (χ1) is 9.35. The number of hydrogen-bond donors (Lipinski definition) is 2. The fraction of sp³-hybridized carbons (Fsp3) is 0.643. The summed E-state index contributed by atoms with van der Waals surface area (Å²) in [5, 5.41) is 5.45. The number of nitrogens with two attached hydrogens (primary N) is 1. The Morgan fingerprint density at radius 1 is 1.60 bits per heavy atom. The van der Waals surface area contributed by atoms with Crippen molar-refractivity contribution in [3.8, 4) is 0 Å². The number of nitrogen functional groups attached to an aromatic ring is 1. The maximum absolute atomic E-state index is 12.0. The Bertz CT molecular complexity index is 467. The molecule has 0 bridgehead atoms. The Balaban J connectivity index is 1.78. The third-order valence-electron chi connectivity index (χ3n) is 3.17. The van der Waals surface area contributed by atoms with E-state index in [1.807, 2.05) is 32.2 Å². The van der Waals surface area contributed by atoms with Crippen molar-refractivity contribution < 1.29 is 9.53 Å². The summed E-state index contributed by atoms with van der Waals surface area (Å²) in [5.41, 5.74) is 6.26. The van der Waals surface area contributed by atoms with E-state index in [1.54, 1.807) is 16.2 Å². The number of hydrogen-bond acceptors (Lipinski definition) is 5. The zero-order valence-corrected chi connectivity index (χ0v) is 13.1. The van der Waals surface area contributed by atoms with Crippen LogP contribution in [-0.4, -0.2) is 35.7 Å². The summed E-state index contributed by atoms with van der Waals surface area (Å²) in [6, 6.07) is 2.23. The van der Waals surface area contributed by atoms with Crippen LogP contribution in [0.5, 0.6) is 0 Å². The minimum atomic E-state index is -0.436. The SMILES string of the molecule is CC(C)(C)OC(=O)N1CCC(NCc2sccc2N)C1. The smallest absolute Gasteiger partial charge is 0.410 e. The second-order valence-electron chi connectivity index (χ2n) is 6.09. The topological polar surface area (TPSA) is 67.6 Å². The van der Waals surface area contributed by atoms with Crippen molar-refractivity contribution in [2.75, 3.05) is 18.8 Å².